The lowest BCUT2D eigenvalue weighted by Gasteiger charge is -2.30. The summed E-state index contributed by atoms with van der Waals surface area (Å²) < 4.78 is 1.49. The number of hydrogen-bond donors (Lipinski definition) is 2. The lowest BCUT2D eigenvalue weighted by molar-refractivity contribution is 0.590. The fraction of sp³-hybridized carbons (Fsp3) is 0.238. The van der Waals surface area contributed by atoms with Crippen LogP contribution < -0.4 is 15.8 Å². The zero-order valence-corrected chi connectivity index (χ0v) is 15.2. The van der Waals surface area contributed by atoms with Crippen LogP contribution in [0, 0.1) is 6.92 Å². The standard InChI is InChI=1S/C21H21N5O/c1-14-11-16-19-17(21(27)26(24-19)15-5-3-2-4-6-15)13-23-20(16)18(12-14)25-9-7-22-8-10-25/h2-6,11-13,22-23H,7-10H2,1H3. The van der Waals surface area contributed by atoms with E-state index in [1.54, 1.807) is 6.20 Å². The zero-order chi connectivity index (χ0) is 18.4. The first-order valence-electron chi connectivity index (χ1n) is 9.28. The summed E-state index contributed by atoms with van der Waals surface area (Å²) in [5, 5.41) is 9.08. The number of rotatable bonds is 2. The molecule has 0 saturated carbocycles. The molecule has 2 aromatic carbocycles. The normalized spacial score (nSPS) is 14.9. The number of pyridine rings is 1. The molecular formula is C21H21N5O. The molecule has 2 N–H and O–H groups in total. The summed E-state index contributed by atoms with van der Waals surface area (Å²) in [5.41, 5.74) is 5.42. The van der Waals surface area contributed by atoms with Crippen molar-refractivity contribution in [1.29, 1.82) is 0 Å². The van der Waals surface area contributed by atoms with E-state index in [1.807, 2.05) is 30.3 Å². The number of anilines is 1. The van der Waals surface area contributed by atoms with E-state index in [0.717, 1.165) is 48.5 Å². The van der Waals surface area contributed by atoms with Crippen LogP contribution in [0.3, 0.4) is 0 Å². The van der Waals surface area contributed by atoms with Gasteiger partial charge in [0.05, 0.1) is 22.5 Å². The fourth-order valence-corrected chi connectivity index (χ4v) is 3.89. The van der Waals surface area contributed by atoms with Crippen molar-refractivity contribution in [1.82, 2.24) is 20.1 Å². The maximum Gasteiger partial charge on any atom is 0.282 e. The topological polar surface area (TPSA) is 65.9 Å². The number of aromatic amines is 1. The van der Waals surface area contributed by atoms with Gasteiger partial charge in [-0.05, 0) is 36.8 Å². The molecular weight excluding hydrogens is 338 g/mol. The Morgan fingerprint density at radius 3 is 2.63 bits per heavy atom. The molecule has 3 heterocycles. The van der Waals surface area contributed by atoms with Gasteiger partial charge >= 0.3 is 0 Å². The minimum atomic E-state index is -0.0976. The van der Waals surface area contributed by atoms with Crippen molar-refractivity contribution >= 4 is 16.6 Å². The number of nitrogens with zero attached hydrogens (tertiary/aromatic N) is 3. The Morgan fingerprint density at radius 2 is 1.85 bits per heavy atom. The first kappa shape index (κ1) is 16.1. The molecule has 0 aromatic heterocycles. The number of fused-ring (bicyclic) bond motifs is 3. The molecule has 0 aliphatic carbocycles. The van der Waals surface area contributed by atoms with Crippen LogP contribution in [0.4, 0.5) is 5.69 Å². The van der Waals surface area contributed by atoms with E-state index in [9.17, 15) is 4.79 Å². The first-order valence-corrected chi connectivity index (χ1v) is 9.28. The summed E-state index contributed by atoms with van der Waals surface area (Å²) in [6.07, 6.45) is 1.80. The molecule has 2 aromatic rings. The van der Waals surface area contributed by atoms with Crippen molar-refractivity contribution in [3.63, 3.8) is 0 Å². The third kappa shape index (κ3) is 2.61. The van der Waals surface area contributed by atoms with Crippen molar-refractivity contribution in [3.8, 4) is 16.9 Å². The first-order chi connectivity index (χ1) is 13.2. The third-order valence-corrected chi connectivity index (χ3v) is 5.21. The molecule has 1 fully saturated rings. The van der Waals surface area contributed by atoms with Crippen molar-refractivity contribution < 1.29 is 0 Å². The number of aromatic nitrogens is 3. The molecule has 136 valence electrons. The summed E-state index contributed by atoms with van der Waals surface area (Å²) in [6, 6.07) is 13.9. The summed E-state index contributed by atoms with van der Waals surface area (Å²) in [6.45, 7) is 5.98. The van der Waals surface area contributed by atoms with Crippen LogP contribution in [0.1, 0.15) is 5.56 Å². The van der Waals surface area contributed by atoms with Gasteiger partial charge in [-0.25, -0.2) is 0 Å². The minimum absolute atomic E-state index is 0.0976. The second kappa shape index (κ2) is 6.25. The molecule has 5 rings (SSSR count). The Morgan fingerprint density at radius 1 is 1.07 bits per heavy atom. The molecule has 0 bridgehead atoms. The van der Waals surface area contributed by atoms with Crippen molar-refractivity contribution in [2.24, 2.45) is 0 Å². The van der Waals surface area contributed by atoms with Gasteiger partial charge in [0, 0.05) is 37.8 Å². The van der Waals surface area contributed by atoms with Crippen LogP contribution in [0.15, 0.2) is 53.5 Å². The molecule has 0 radical (unpaired) electrons. The van der Waals surface area contributed by atoms with Gasteiger partial charge in [0.2, 0.25) is 0 Å². The van der Waals surface area contributed by atoms with E-state index in [1.165, 1.54) is 15.9 Å². The van der Waals surface area contributed by atoms with Gasteiger partial charge in [0.15, 0.2) is 0 Å². The monoisotopic (exact) mass is 359 g/mol. The Kier molecular flexibility index (Phi) is 3.72. The van der Waals surface area contributed by atoms with Crippen LogP contribution in [0.2, 0.25) is 0 Å². The van der Waals surface area contributed by atoms with Crippen LogP contribution >= 0.6 is 0 Å². The van der Waals surface area contributed by atoms with E-state index in [0.29, 0.717) is 5.56 Å². The Balaban J connectivity index is 1.76. The number of nitrogens with one attached hydrogen (secondary N) is 2. The van der Waals surface area contributed by atoms with Gasteiger partial charge in [-0.1, -0.05) is 18.2 Å². The van der Waals surface area contributed by atoms with Crippen LogP contribution in [0.5, 0.6) is 0 Å². The Labute approximate surface area is 156 Å². The number of hydrogen-bond acceptors (Lipinski definition) is 4. The van der Waals surface area contributed by atoms with Crippen molar-refractivity contribution in [2.75, 3.05) is 31.1 Å². The summed E-state index contributed by atoms with van der Waals surface area (Å²) in [4.78, 5) is 18.7. The molecule has 3 aliphatic rings. The molecule has 0 unspecified atom stereocenters. The highest BCUT2D eigenvalue weighted by Gasteiger charge is 2.22. The molecule has 0 spiro atoms. The summed E-state index contributed by atoms with van der Waals surface area (Å²) in [7, 11) is 0. The van der Waals surface area contributed by atoms with Gasteiger partial charge in [-0.15, -0.1) is 0 Å². The lowest BCUT2D eigenvalue weighted by atomic mass is 10.0. The molecule has 27 heavy (non-hydrogen) atoms. The van der Waals surface area contributed by atoms with E-state index >= 15 is 0 Å². The number of H-pyrrole nitrogens is 1. The summed E-state index contributed by atoms with van der Waals surface area (Å²) in [5.74, 6) is 0. The largest absolute Gasteiger partial charge is 0.367 e. The molecule has 0 amide bonds. The number of aryl methyl sites for hydroxylation is 1. The van der Waals surface area contributed by atoms with Gasteiger partial charge in [0.1, 0.15) is 5.69 Å². The SMILES string of the molecule is Cc1cc(N2CCNCC2)c2[nH]cc3c(=O)n(-c4ccccc4)nc-3c2c1. The average molecular weight is 359 g/mol. The van der Waals surface area contributed by atoms with E-state index < -0.39 is 0 Å². The highest BCUT2D eigenvalue weighted by atomic mass is 16.1. The highest BCUT2D eigenvalue weighted by Crippen LogP contribution is 2.33. The van der Waals surface area contributed by atoms with Gasteiger partial charge in [0.25, 0.3) is 5.56 Å². The Hall–Kier alpha value is -3.12. The van der Waals surface area contributed by atoms with Gasteiger partial charge in [-0.3, -0.25) is 4.79 Å². The van der Waals surface area contributed by atoms with E-state index in [2.05, 4.69) is 34.3 Å². The second-order valence-corrected chi connectivity index (χ2v) is 7.05. The van der Waals surface area contributed by atoms with Gasteiger partial charge < -0.3 is 15.2 Å². The average Bonchev–Trinajstić information content (AvgIpc) is 3.06. The molecule has 1 saturated heterocycles. The molecule has 6 nitrogen and oxygen atoms in total. The van der Waals surface area contributed by atoms with Crippen LogP contribution in [-0.4, -0.2) is 40.9 Å². The van der Waals surface area contributed by atoms with E-state index in [4.69, 9.17) is 5.10 Å². The lowest BCUT2D eigenvalue weighted by Crippen LogP contribution is -2.43. The second-order valence-electron chi connectivity index (χ2n) is 7.05. The molecule has 0 atom stereocenters. The maximum absolute atomic E-state index is 12.9. The number of benzene rings is 2. The smallest absolute Gasteiger partial charge is 0.282 e. The molecule has 6 heteroatoms. The van der Waals surface area contributed by atoms with Crippen LogP contribution in [-0.2, 0) is 0 Å². The quantitative estimate of drug-likeness (QED) is 0.577. The predicted octanol–water partition coefficient (Wildman–Crippen LogP) is 2.54. The zero-order valence-electron chi connectivity index (χ0n) is 15.2. The van der Waals surface area contributed by atoms with Crippen molar-refractivity contribution in [2.45, 2.75) is 6.92 Å². The number of piperazine rings is 1. The molecule has 3 aliphatic heterocycles. The highest BCUT2D eigenvalue weighted by molar-refractivity contribution is 6.00. The van der Waals surface area contributed by atoms with Gasteiger partial charge in [-0.2, -0.15) is 9.78 Å². The van der Waals surface area contributed by atoms with E-state index in [-0.39, 0.29) is 5.56 Å². The maximum atomic E-state index is 12.9. The fourth-order valence-electron chi connectivity index (χ4n) is 3.89. The number of para-hydroxylation sites is 1. The summed E-state index contributed by atoms with van der Waals surface area (Å²) >= 11 is 0. The van der Waals surface area contributed by atoms with Crippen LogP contribution in [0.25, 0.3) is 27.8 Å². The Bertz CT molecular complexity index is 1140. The third-order valence-electron chi connectivity index (χ3n) is 5.21. The van der Waals surface area contributed by atoms with Crippen molar-refractivity contribution in [3.05, 3.63) is 64.6 Å². The minimum Gasteiger partial charge on any atom is -0.367 e. The predicted molar refractivity (Wildman–Crippen MR) is 108 cm³/mol.